The van der Waals surface area contributed by atoms with Crippen LogP contribution in [0, 0.1) is 0 Å². The van der Waals surface area contributed by atoms with Gasteiger partial charge in [0.2, 0.25) is 11.9 Å². The third kappa shape index (κ3) is 16.6. The summed E-state index contributed by atoms with van der Waals surface area (Å²) in [5.41, 5.74) is 20.4. The van der Waals surface area contributed by atoms with Gasteiger partial charge in [-0.15, -0.1) is 0 Å². The van der Waals surface area contributed by atoms with Gasteiger partial charge in [0.1, 0.15) is 5.82 Å². The van der Waals surface area contributed by atoms with Crippen LogP contribution >= 0.6 is 0 Å². The van der Waals surface area contributed by atoms with E-state index in [1.807, 2.05) is 416 Å². The van der Waals surface area contributed by atoms with Gasteiger partial charge < -0.3 is 44.8 Å². The first-order valence-corrected chi connectivity index (χ1v) is 44.2. The molecule has 648 valence electrons. The zero-order valence-electron chi connectivity index (χ0n) is 72.7. The number of nitrogens with zero attached hydrogens (tertiary/aromatic N) is 13. The van der Waals surface area contributed by atoms with E-state index in [1.54, 1.807) is 24.3 Å². The highest BCUT2D eigenvalue weighted by molar-refractivity contribution is 6.64. The van der Waals surface area contributed by atoms with Crippen LogP contribution in [-0.2, 0) is 0 Å². The first-order chi connectivity index (χ1) is 66.8. The standard InChI is InChI=1S/3C28H20BN3O2.C27H19BN4O2/c33-29(34)22-15-9-17-26-27(22)21-14-7-8-16-25(21)32(26)28-30-23(19-10-3-1-4-11-19)18-24(31-28)20-12-5-2-6-13-20;33-29(34)22-15-9-17-25-27(22)21-14-7-8-16-24(21)32(25)26-18-23(19-10-3-1-4-11-19)30-28(31-26)20-12-5-2-6-13-20;33-29(34)22-15-9-17-24-26(22)21-14-7-8-16-23(21)32(24)25-18-30-28(20-12-5-2-6-13-20)31-27(25)19-10-3-1-4-11-19;33-28(34)21-15-9-17-23-24(21)20-14-7-8-16-22(20)32(23)27-30-25(18-10-3-1-4-11-18)29-26(31-27)19-12-5-2-6-13-19/h3*1-18,33-34H;1-17,33-34H. The topological polar surface area (TPSA) is 298 Å². The van der Waals surface area contributed by atoms with E-state index < -0.39 is 28.5 Å². The van der Waals surface area contributed by atoms with Crippen LogP contribution in [0.1, 0.15) is 0 Å². The van der Waals surface area contributed by atoms with Gasteiger partial charge in [0.15, 0.2) is 23.3 Å². The molecule has 0 aliphatic carbocycles. The summed E-state index contributed by atoms with van der Waals surface area (Å²) in [6.07, 6.45) is 1.85. The molecule has 0 unspecified atom stereocenters. The van der Waals surface area contributed by atoms with Crippen molar-refractivity contribution in [2.75, 3.05) is 0 Å². The molecule has 21 nitrogen and oxygen atoms in total. The molecule has 0 amide bonds. The minimum absolute atomic E-state index is 0.438. The van der Waals surface area contributed by atoms with Crippen LogP contribution in [0.5, 0.6) is 0 Å². The van der Waals surface area contributed by atoms with Gasteiger partial charge in [0.05, 0.1) is 78.8 Å². The molecule has 0 aliphatic heterocycles. The fourth-order valence-electron chi connectivity index (χ4n) is 18.0. The van der Waals surface area contributed by atoms with E-state index >= 15 is 0 Å². The van der Waals surface area contributed by atoms with Crippen LogP contribution in [0.25, 0.3) is 201 Å². The van der Waals surface area contributed by atoms with Crippen molar-refractivity contribution in [1.82, 2.24) is 63.1 Å². The fraction of sp³-hybridized carbons (Fsp3) is 0. The van der Waals surface area contributed by atoms with Crippen molar-refractivity contribution in [1.29, 1.82) is 0 Å². The quantitative estimate of drug-likeness (QED) is 0.0417. The predicted octanol–water partition coefficient (Wildman–Crippen LogP) is 17.7. The lowest BCUT2D eigenvalue weighted by Gasteiger charge is -2.14. The van der Waals surface area contributed by atoms with Crippen molar-refractivity contribution in [3.8, 4) is 114 Å². The van der Waals surface area contributed by atoms with Crippen molar-refractivity contribution < 1.29 is 40.2 Å². The van der Waals surface area contributed by atoms with Crippen LogP contribution in [0.4, 0.5) is 0 Å². The van der Waals surface area contributed by atoms with Crippen LogP contribution in [-0.4, -0.2) is 132 Å². The maximum absolute atomic E-state index is 10.1. The molecule has 0 radical (unpaired) electrons. The number of aromatic nitrogens is 13. The Morgan fingerprint density at radius 1 is 0.191 bits per heavy atom. The minimum Gasteiger partial charge on any atom is -0.423 e. The summed E-state index contributed by atoms with van der Waals surface area (Å²) in [5, 5.41) is 87.3. The molecule has 0 fully saturated rings. The molecule has 24 rings (SSSR count). The number of hydrogen-bond acceptors (Lipinski definition) is 17. The number of fused-ring (bicyclic) bond motifs is 12. The lowest BCUT2D eigenvalue weighted by molar-refractivity contribution is 0.425. The van der Waals surface area contributed by atoms with Crippen molar-refractivity contribution in [3.05, 3.63) is 431 Å². The molecule has 0 bridgehead atoms. The molecule has 8 N–H and O–H groups in total. The Morgan fingerprint density at radius 3 is 0.809 bits per heavy atom. The predicted molar refractivity (Wildman–Crippen MR) is 546 cm³/mol. The van der Waals surface area contributed by atoms with Gasteiger partial charge >= 0.3 is 28.5 Å². The number of hydrogen-bond donors (Lipinski definition) is 8. The summed E-state index contributed by atoms with van der Waals surface area (Å²) < 4.78 is 8.12. The molecule has 24 aromatic rings. The van der Waals surface area contributed by atoms with Crippen molar-refractivity contribution in [2.24, 2.45) is 0 Å². The maximum Gasteiger partial charge on any atom is 0.489 e. The van der Waals surface area contributed by atoms with Crippen molar-refractivity contribution in [2.45, 2.75) is 0 Å². The van der Waals surface area contributed by atoms with Gasteiger partial charge in [-0.1, -0.05) is 364 Å². The van der Waals surface area contributed by atoms with E-state index in [1.165, 1.54) is 0 Å². The lowest BCUT2D eigenvalue weighted by Crippen LogP contribution is -2.30. The number of para-hydroxylation sites is 4. The van der Waals surface area contributed by atoms with Crippen LogP contribution in [0.2, 0.25) is 0 Å². The molecular weight excluding hydrogens is 1690 g/mol. The fourth-order valence-corrected chi connectivity index (χ4v) is 18.0. The summed E-state index contributed by atoms with van der Waals surface area (Å²) in [6.45, 7) is 0. The zero-order chi connectivity index (χ0) is 92.3. The van der Waals surface area contributed by atoms with Gasteiger partial charge in [-0.25, -0.2) is 34.9 Å². The third-order valence-corrected chi connectivity index (χ3v) is 24.1. The van der Waals surface area contributed by atoms with Crippen molar-refractivity contribution >= 4 is 138 Å². The Bertz CT molecular complexity index is 7750. The Hall–Kier alpha value is -17.1. The molecule has 0 saturated carbocycles. The second-order valence-electron chi connectivity index (χ2n) is 32.4. The third-order valence-electron chi connectivity index (χ3n) is 24.1. The summed E-state index contributed by atoms with van der Waals surface area (Å²) in [7, 11) is -6.33. The van der Waals surface area contributed by atoms with Gasteiger partial charge in [-0.3, -0.25) is 13.7 Å². The smallest absolute Gasteiger partial charge is 0.423 e. The number of rotatable bonds is 16. The van der Waals surface area contributed by atoms with Crippen molar-refractivity contribution in [3.63, 3.8) is 0 Å². The van der Waals surface area contributed by atoms with E-state index in [4.69, 9.17) is 44.9 Å². The molecule has 0 aliphatic rings. The zero-order valence-corrected chi connectivity index (χ0v) is 72.7. The normalized spacial score (nSPS) is 11.2. The summed E-state index contributed by atoms with van der Waals surface area (Å²) in [6, 6.07) is 137. The molecular formula is C111H79B4N13O8. The summed E-state index contributed by atoms with van der Waals surface area (Å²) >= 11 is 0. The largest absolute Gasteiger partial charge is 0.489 e. The van der Waals surface area contributed by atoms with Crippen LogP contribution < -0.4 is 21.9 Å². The summed E-state index contributed by atoms with van der Waals surface area (Å²) in [4.78, 5) is 44.0. The average molecular weight is 1770 g/mol. The van der Waals surface area contributed by atoms with Gasteiger partial charge in [0.25, 0.3) is 0 Å². The molecule has 0 atom stereocenters. The average Bonchev–Trinajstić information content (AvgIpc) is 1.61. The SMILES string of the molecule is OB(O)c1cccc2c1c1ccccc1n2-c1cc(-c2ccccc2)nc(-c2ccccc2)n1.OB(O)c1cccc2c1c1ccccc1n2-c1cnc(-c2ccccc2)nc1-c1ccccc1.OB(O)c1cccc2c1c1ccccc1n2-c1nc(-c2ccccc2)cc(-c2ccccc2)n1.OB(O)c1cccc2c1c1ccccc1n2-c1nc(-c2ccccc2)nc(-c2ccccc2)n1. The number of benzene rings is 16. The van der Waals surface area contributed by atoms with Gasteiger partial charge in [-0.05, 0) is 76.4 Å². The Morgan fingerprint density at radius 2 is 0.456 bits per heavy atom. The van der Waals surface area contributed by atoms with E-state index in [9.17, 15) is 40.2 Å². The highest BCUT2D eigenvalue weighted by atomic mass is 16.4. The second kappa shape index (κ2) is 37.6. The molecule has 0 spiro atoms. The highest BCUT2D eigenvalue weighted by Crippen LogP contribution is 2.40. The monoisotopic (exact) mass is 1770 g/mol. The molecule has 8 aromatic heterocycles. The van der Waals surface area contributed by atoms with Gasteiger partial charge in [0, 0.05) is 93.7 Å². The minimum atomic E-state index is -1.60. The first kappa shape index (κ1) is 85.7. The van der Waals surface area contributed by atoms with E-state index in [0.717, 1.165) is 160 Å². The van der Waals surface area contributed by atoms with Gasteiger partial charge in [-0.2, -0.15) is 9.97 Å². The Balaban J connectivity index is 0.000000108. The molecule has 8 heterocycles. The lowest BCUT2D eigenvalue weighted by atomic mass is 9.77. The summed E-state index contributed by atoms with van der Waals surface area (Å²) in [5.74, 6) is 4.10. The van der Waals surface area contributed by atoms with Crippen LogP contribution in [0.3, 0.4) is 0 Å². The maximum atomic E-state index is 10.1. The Labute approximate surface area is 780 Å². The van der Waals surface area contributed by atoms with Crippen LogP contribution in [0.15, 0.2) is 431 Å². The molecule has 25 heteroatoms. The van der Waals surface area contributed by atoms with E-state index in [2.05, 4.69) is 9.13 Å². The second-order valence-corrected chi connectivity index (χ2v) is 32.4. The molecule has 0 saturated heterocycles. The highest BCUT2D eigenvalue weighted by Gasteiger charge is 2.29. The first-order valence-electron chi connectivity index (χ1n) is 44.2. The van der Waals surface area contributed by atoms with E-state index in [0.29, 0.717) is 62.9 Å². The Kier molecular flexibility index (Phi) is 23.7. The molecule has 16 aromatic carbocycles. The van der Waals surface area contributed by atoms with E-state index in [-0.39, 0.29) is 0 Å². The molecule has 136 heavy (non-hydrogen) atoms.